The number of aliphatic hydroxyl groups excluding tert-OH is 1. The maximum atomic E-state index is 10.1. The Balaban J connectivity index is 1.77. The molecule has 4 nitrogen and oxygen atoms in total. The fourth-order valence-corrected chi connectivity index (χ4v) is 2.26. The number of rotatable bonds is 4. The SMILES string of the molecule is CN1CCN(CC[C@H](O)c2ccc(N)cc2)CC1. The molecular formula is C14H23N3O. The minimum absolute atomic E-state index is 0.384. The minimum Gasteiger partial charge on any atom is -0.399 e. The third kappa shape index (κ3) is 3.70. The van der Waals surface area contributed by atoms with Gasteiger partial charge in [0.15, 0.2) is 0 Å². The number of nitrogens with zero attached hydrogens (tertiary/aromatic N) is 2. The van der Waals surface area contributed by atoms with Crippen molar-refractivity contribution in [3.8, 4) is 0 Å². The van der Waals surface area contributed by atoms with E-state index in [2.05, 4.69) is 16.8 Å². The van der Waals surface area contributed by atoms with Crippen molar-refractivity contribution in [2.45, 2.75) is 12.5 Å². The maximum absolute atomic E-state index is 10.1. The molecule has 0 aliphatic carbocycles. The molecule has 100 valence electrons. The van der Waals surface area contributed by atoms with Crippen molar-refractivity contribution >= 4 is 5.69 Å². The lowest BCUT2D eigenvalue weighted by Crippen LogP contribution is -2.44. The van der Waals surface area contributed by atoms with E-state index in [0.29, 0.717) is 0 Å². The maximum Gasteiger partial charge on any atom is 0.0802 e. The summed E-state index contributed by atoms with van der Waals surface area (Å²) < 4.78 is 0. The summed E-state index contributed by atoms with van der Waals surface area (Å²) in [5.74, 6) is 0. The van der Waals surface area contributed by atoms with Gasteiger partial charge in [0.05, 0.1) is 6.10 Å². The van der Waals surface area contributed by atoms with Crippen LogP contribution in [0.2, 0.25) is 0 Å². The molecule has 1 aromatic carbocycles. The van der Waals surface area contributed by atoms with Gasteiger partial charge in [-0.25, -0.2) is 0 Å². The number of nitrogens with two attached hydrogens (primary N) is 1. The van der Waals surface area contributed by atoms with E-state index in [1.165, 1.54) is 0 Å². The van der Waals surface area contributed by atoms with E-state index in [0.717, 1.165) is 50.4 Å². The normalized spacial score (nSPS) is 19.9. The third-order valence-electron chi connectivity index (χ3n) is 3.64. The molecule has 0 bridgehead atoms. The van der Waals surface area contributed by atoms with Gasteiger partial charge in [0, 0.05) is 38.4 Å². The van der Waals surface area contributed by atoms with Crippen molar-refractivity contribution in [2.75, 3.05) is 45.5 Å². The molecule has 1 atom stereocenters. The molecule has 1 saturated heterocycles. The summed E-state index contributed by atoms with van der Waals surface area (Å²) in [7, 11) is 2.15. The Morgan fingerprint density at radius 1 is 1.17 bits per heavy atom. The van der Waals surface area contributed by atoms with E-state index in [9.17, 15) is 5.11 Å². The molecule has 1 fully saturated rings. The van der Waals surface area contributed by atoms with Gasteiger partial charge in [-0.1, -0.05) is 12.1 Å². The molecule has 0 aromatic heterocycles. The third-order valence-corrected chi connectivity index (χ3v) is 3.64. The first-order chi connectivity index (χ1) is 8.65. The largest absolute Gasteiger partial charge is 0.399 e. The van der Waals surface area contributed by atoms with Crippen molar-refractivity contribution in [2.24, 2.45) is 0 Å². The van der Waals surface area contributed by atoms with E-state index in [1.807, 2.05) is 24.3 Å². The van der Waals surface area contributed by atoms with Crippen molar-refractivity contribution in [1.29, 1.82) is 0 Å². The Morgan fingerprint density at radius 2 is 1.78 bits per heavy atom. The molecule has 18 heavy (non-hydrogen) atoms. The summed E-state index contributed by atoms with van der Waals surface area (Å²) in [6.45, 7) is 5.41. The molecule has 0 spiro atoms. The molecule has 1 heterocycles. The number of hydrogen-bond acceptors (Lipinski definition) is 4. The highest BCUT2D eigenvalue weighted by Crippen LogP contribution is 2.18. The highest BCUT2D eigenvalue weighted by molar-refractivity contribution is 5.39. The lowest BCUT2D eigenvalue weighted by Gasteiger charge is -2.32. The van der Waals surface area contributed by atoms with Gasteiger partial charge in [0.25, 0.3) is 0 Å². The van der Waals surface area contributed by atoms with Gasteiger partial charge in [0.2, 0.25) is 0 Å². The number of aliphatic hydroxyl groups is 1. The predicted molar refractivity (Wildman–Crippen MR) is 74.4 cm³/mol. The van der Waals surface area contributed by atoms with E-state index in [-0.39, 0.29) is 6.10 Å². The van der Waals surface area contributed by atoms with Crippen LogP contribution < -0.4 is 5.73 Å². The van der Waals surface area contributed by atoms with Crippen LogP contribution in [0.3, 0.4) is 0 Å². The standard InChI is InChI=1S/C14H23N3O/c1-16-8-10-17(11-9-16)7-6-14(18)12-2-4-13(15)5-3-12/h2-5,14,18H,6-11,15H2,1H3/t14-/m0/s1. The molecule has 0 radical (unpaired) electrons. The molecule has 1 aliphatic heterocycles. The predicted octanol–water partition coefficient (Wildman–Crippen LogP) is 0.940. The molecule has 0 unspecified atom stereocenters. The fraction of sp³-hybridized carbons (Fsp3) is 0.571. The second-order valence-corrected chi connectivity index (χ2v) is 5.12. The number of piperazine rings is 1. The van der Waals surface area contributed by atoms with Crippen LogP contribution in [0.15, 0.2) is 24.3 Å². The van der Waals surface area contributed by atoms with Crippen LogP contribution in [0, 0.1) is 0 Å². The quantitative estimate of drug-likeness (QED) is 0.780. The Bertz CT molecular complexity index is 358. The number of hydrogen-bond donors (Lipinski definition) is 2. The van der Waals surface area contributed by atoms with E-state index >= 15 is 0 Å². The zero-order valence-electron chi connectivity index (χ0n) is 11.0. The van der Waals surface area contributed by atoms with Crippen LogP contribution in [0.4, 0.5) is 5.69 Å². The van der Waals surface area contributed by atoms with Crippen LogP contribution in [0.25, 0.3) is 0 Å². The molecular weight excluding hydrogens is 226 g/mol. The number of likely N-dealkylation sites (N-methyl/N-ethyl adjacent to an activating group) is 1. The van der Waals surface area contributed by atoms with Crippen molar-refractivity contribution in [3.05, 3.63) is 29.8 Å². The Kier molecular flexibility index (Phi) is 4.58. The smallest absolute Gasteiger partial charge is 0.0802 e. The first-order valence-electron chi connectivity index (χ1n) is 6.59. The average molecular weight is 249 g/mol. The van der Waals surface area contributed by atoms with E-state index < -0.39 is 0 Å². The molecule has 1 aromatic rings. The summed E-state index contributed by atoms with van der Waals surface area (Å²) in [6, 6.07) is 7.50. The van der Waals surface area contributed by atoms with Crippen LogP contribution in [-0.4, -0.2) is 54.7 Å². The van der Waals surface area contributed by atoms with Crippen molar-refractivity contribution in [1.82, 2.24) is 9.80 Å². The molecule has 3 N–H and O–H groups in total. The van der Waals surface area contributed by atoms with Gasteiger partial charge >= 0.3 is 0 Å². The first kappa shape index (κ1) is 13.3. The van der Waals surface area contributed by atoms with Crippen molar-refractivity contribution < 1.29 is 5.11 Å². The van der Waals surface area contributed by atoms with Crippen LogP contribution >= 0.6 is 0 Å². The lowest BCUT2D eigenvalue weighted by molar-refractivity contribution is 0.113. The number of anilines is 1. The molecule has 0 saturated carbocycles. The fourth-order valence-electron chi connectivity index (χ4n) is 2.26. The molecule has 4 heteroatoms. The second-order valence-electron chi connectivity index (χ2n) is 5.12. The van der Waals surface area contributed by atoms with E-state index in [1.54, 1.807) is 0 Å². The molecule has 2 rings (SSSR count). The lowest BCUT2D eigenvalue weighted by atomic mass is 10.1. The highest BCUT2D eigenvalue weighted by Gasteiger charge is 2.15. The zero-order chi connectivity index (χ0) is 13.0. The summed E-state index contributed by atoms with van der Waals surface area (Å²) in [5.41, 5.74) is 7.33. The van der Waals surface area contributed by atoms with Gasteiger partial charge in [0.1, 0.15) is 0 Å². The summed E-state index contributed by atoms with van der Waals surface area (Å²) in [5, 5.41) is 10.1. The Morgan fingerprint density at radius 3 is 2.39 bits per heavy atom. The monoisotopic (exact) mass is 249 g/mol. The summed E-state index contributed by atoms with van der Waals surface area (Å²) >= 11 is 0. The van der Waals surface area contributed by atoms with Gasteiger partial charge in [-0.15, -0.1) is 0 Å². The topological polar surface area (TPSA) is 52.7 Å². The van der Waals surface area contributed by atoms with Crippen LogP contribution in [-0.2, 0) is 0 Å². The number of benzene rings is 1. The molecule has 0 amide bonds. The van der Waals surface area contributed by atoms with Gasteiger partial charge in [-0.05, 0) is 31.2 Å². The highest BCUT2D eigenvalue weighted by atomic mass is 16.3. The van der Waals surface area contributed by atoms with Crippen LogP contribution in [0.1, 0.15) is 18.1 Å². The van der Waals surface area contributed by atoms with Crippen LogP contribution in [0.5, 0.6) is 0 Å². The Hall–Kier alpha value is -1.10. The summed E-state index contributed by atoms with van der Waals surface area (Å²) in [4.78, 5) is 4.76. The van der Waals surface area contributed by atoms with E-state index in [4.69, 9.17) is 5.73 Å². The zero-order valence-corrected chi connectivity index (χ0v) is 11.0. The van der Waals surface area contributed by atoms with Gasteiger partial charge in [-0.2, -0.15) is 0 Å². The minimum atomic E-state index is -0.384. The first-order valence-corrected chi connectivity index (χ1v) is 6.59. The van der Waals surface area contributed by atoms with Gasteiger partial charge in [-0.3, -0.25) is 0 Å². The molecule has 1 aliphatic rings. The summed E-state index contributed by atoms with van der Waals surface area (Å²) in [6.07, 6.45) is 0.401. The second kappa shape index (κ2) is 6.18. The Labute approximate surface area is 109 Å². The van der Waals surface area contributed by atoms with Gasteiger partial charge < -0.3 is 20.6 Å². The number of nitrogen functional groups attached to an aromatic ring is 1. The average Bonchev–Trinajstić information content (AvgIpc) is 2.38. The van der Waals surface area contributed by atoms with Crippen molar-refractivity contribution in [3.63, 3.8) is 0 Å².